The summed E-state index contributed by atoms with van der Waals surface area (Å²) in [6, 6.07) is 6.73. The van der Waals surface area contributed by atoms with Gasteiger partial charge in [0.05, 0.1) is 21.3 Å². The van der Waals surface area contributed by atoms with E-state index in [1.165, 1.54) is 27.5 Å². The van der Waals surface area contributed by atoms with Crippen molar-refractivity contribution in [1.29, 1.82) is 10.5 Å². The quantitative estimate of drug-likeness (QED) is 0.645. The average Bonchev–Trinajstić information content (AvgIpc) is 2.53. The number of allylic oxidation sites excluding steroid dienone is 2. The molecule has 0 bridgehead atoms. The van der Waals surface area contributed by atoms with Crippen LogP contribution in [0.15, 0.2) is 28.5 Å². The molecule has 0 aromatic heterocycles. The fraction of sp³-hybridized carbons (Fsp3) is 0.214. The Morgan fingerprint density at radius 1 is 1.10 bits per heavy atom. The molecule has 1 aromatic rings. The molecule has 7 heteroatoms. The maximum Gasteiger partial charge on any atom is 0.203 e. The number of nitrogens with two attached hydrogens (primary N) is 1. The van der Waals surface area contributed by atoms with Crippen LogP contribution >= 0.6 is 0 Å². The lowest BCUT2D eigenvalue weighted by Crippen LogP contribution is -1.99. The normalized spacial score (nSPS) is 11.3. The Kier molecular flexibility index (Phi) is 5.60. The molecule has 0 heterocycles. The van der Waals surface area contributed by atoms with E-state index in [1.54, 1.807) is 24.3 Å². The van der Waals surface area contributed by atoms with Crippen LogP contribution < -0.4 is 19.9 Å². The van der Waals surface area contributed by atoms with E-state index in [9.17, 15) is 0 Å². The molecule has 1 aromatic carbocycles. The largest absolute Gasteiger partial charge is 0.493 e. The third-order valence-corrected chi connectivity index (χ3v) is 2.51. The van der Waals surface area contributed by atoms with Gasteiger partial charge in [-0.05, 0) is 12.1 Å². The van der Waals surface area contributed by atoms with Crippen LogP contribution in [0, 0.1) is 22.7 Å². The van der Waals surface area contributed by atoms with Crippen molar-refractivity contribution in [3.63, 3.8) is 0 Å². The highest BCUT2D eigenvalue weighted by Gasteiger charge is 2.12. The standard InChI is InChI=1S/C14H14N4O3/c1-19-12-4-9(5-13(20-2)14(12)21-3)8-18-11(7-16)10(17)6-15/h4-5,8H,17H2,1-3H3/b11-10+,18-8?. The number of ether oxygens (including phenoxy) is 3. The smallest absolute Gasteiger partial charge is 0.203 e. The van der Waals surface area contributed by atoms with Crippen molar-refractivity contribution in [1.82, 2.24) is 0 Å². The molecule has 0 saturated heterocycles. The number of hydrogen-bond donors (Lipinski definition) is 1. The number of nitriles is 2. The van der Waals surface area contributed by atoms with Crippen LogP contribution in [0.4, 0.5) is 0 Å². The van der Waals surface area contributed by atoms with E-state index in [2.05, 4.69) is 4.99 Å². The van der Waals surface area contributed by atoms with Crippen LogP contribution in [-0.4, -0.2) is 27.5 Å². The summed E-state index contributed by atoms with van der Waals surface area (Å²) in [5, 5.41) is 17.5. The van der Waals surface area contributed by atoms with Gasteiger partial charge >= 0.3 is 0 Å². The summed E-state index contributed by atoms with van der Waals surface area (Å²) in [7, 11) is 4.48. The average molecular weight is 286 g/mol. The number of benzene rings is 1. The van der Waals surface area contributed by atoms with E-state index in [1.807, 2.05) is 0 Å². The van der Waals surface area contributed by atoms with Crippen LogP contribution in [-0.2, 0) is 0 Å². The lowest BCUT2D eigenvalue weighted by Gasteiger charge is -2.12. The molecule has 0 atom stereocenters. The summed E-state index contributed by atoms with van der Waals surface area (Å²) in [4.78, 5) is 3.88. The Balaban J connectivity index is 3.28. The summed E-state index contributed by atoms with van der Waals surface area (Å²) < 4.78 is 15.6. The maximum absolute atomic E-state index is 8.87. The minimum Gasteiger partial charge on any atom is -0.493 e. The van der Waals surface area contributed by atoms with Gasteiger partial charge in [-0.25, -0.2) is 4.99 Å². The molecular formula is C14H14N4O3. The monoisotopic (exact) mass is 286 g/mol. The van der Waals surface area contributed by atoms with Crippen LogP contribution in [0.25, 0.3) is 0 Å². The summed E-state index contributed by atoms with van der Waals surface area (Å²) in [6.45, 7) is 0. The third-order valence-electron chi connectivity index (χ3n) is 2.51. The Hall–Kier alpha value is -3.19. The molecule has 108 valence electrons. The first-order valence-electron chi connectivity index (χ1n) is 5.75. The third kappa shape index (κ3) is 3.64. The van der Waals surface area contributed by atoms with E-state index in [0.29, 0.717) is 22.8 Å². The van der Waals surface area contributed by atoms with Gasteiger partial charge in [0.2, 0.25) is 5.75 Å². The highest BCUT2D eigenvalue weighted by molar-refractivity contribution is 5.83. The van der Waals surface area contributed by atoms with Gasteiger partial charge in [-0.3, -0.25) is 0 Å². The second kappa shape index (κ2) is 7.41. The van der Waals surface area contributed by atoms with Gasteiger partial charge in [0.1, 0.15) is 17.8 Å². The van der Waals surface area contributed by atoms with Gasteiger partial charge in [0, 0.05) is 11.8 Å². The number of rotatable bonds is 5. The van der Waals surface area contributed by atoms with Gasteiger partial charge in [0.25, 0.3) is 0 Å². The van der Waals surface area contributed by atoms with Gasteiger partial charge in [0.15, 0.2) is 17.2 Å². The zero-order valence-electron chi connectivity index (χ0n) is 11.9. The van der Waals surface area contributed by atoms with Crippen molar-refractivity contribution in [2.45, 2.75) is 0 Å². The Labute approximate surface area is 122 Å². The van der Waals surface area contributed by atoms with E-state index in [0.717, 1.165) is 0 Å². The molecule has 0 radical (unpaired) electrons. The van der Waals surface area contributed by atoms with E-state index in [4.69, 9.17) is 30.5 Å². The second-order valence-electron chi connectivity index (χ2n) is 3.70. The Morgan fingerprint density at radius 3 is 2.05 bits per heavy atom. The SMILES string of the molecule is COc1cc(C=N/C(C#N)=C(/N)C#N)cc(OC)c1OC. The van der Waals surface area contributed by atoms with Crippen LogP contribution in [0.1, 0.15) is 5.56 Å². The highest BCUT2D eigenvalue weighted by Crippen LogP contribution is 2.37. The summed E-state index contributed by atoms with van der Waals surface area (Å²) >= 11 is 0. The molecule has 0 aliphatic heterocycles. The zero-order valence-corrected chi connectivity index (χ0v) is 11.9. The molecular weight excluding hydrogens is 272 g/mol. The van der Waals surface area contributed by atoms with Gasteiger partial charge in [-0.15, -0.1) is 0 Å². The second-order valence-corrected chi connectivity index (χ2v) is 3.70. The lowest BCUT2D eigenvalue weighted by atomic mass is 10.2. The maximum atomic E-state index is 8.87. The predicted molar refractivity (Wildman–Crippen MR) is 76.1 cm³/mol. The Morgan fingerprint density at radius 2 is 1.67 bits per heavy atom. The highest BCUT2D eigenvalue weighted by atomic mass is 16.5. The number of methoxy groups -OCH3 is 3. The number of aliphatic imine (C=N–C) groups is 1. The van der Waals surface area contributed by atoms with E-state index < -0.39 is 0 Å². The van der Waals surface area contributed by atoms with E-state index >= 15 is 0 Å². The van der Waals surface area contributed by atoms with Crippen LogP contribution in [0.5, 0.6) is 17.2 Å². The predicted octanol–water partition coefficient (Wildman–Crippen LogP) is 1.35. The van der Waals surface area contributed by atoms with Gasteiger partial charge < -0.3 is 19.9 Å². The summed E-state index contributed by atoms with van der Waals surface area (Å²) in [6.07, 6.45) is 1.38. The minimum atomic E-state index is -0.249. The van der Waals surface area contributed by atoms with Crippen LogP contribution in [0.3, 0.4) is 0 Å². The topological polar surface area (TPSA) is 114 Å². The molecule has 21 heavy (non-hydrogen) atoms. The first kappa shape index (κ1) is 15.9. The fourth-order valence-corrected chi connectivity index (χ4v) is 1.53. The first-order valence-corrected chi connectivity index (χ1v) is 5.75. The van der Waals surface area contributed by atoms with Crippen molar-refractivity contribution in [3.8, 4) is 29.4 Å². The minimum absolute atomic E-state index is 0.161. The van der Waals surface area contributed by atoms with Crippen molar-refractivity contribution in [2.24, 2.45) is 10.7 Å². The number of nitrogens with zero attached hydrogens (tertiary/aromatic N) is 3. The van der Waals surface area contributed by atoms with Crippen molar-refractivity contribution < 1.29 is 14.2 Å². The van der Waals surface area contributed by atoms with Gasteiger partial charge in [-0.2, -0.15) is 10.5 Å². The number of hydrogen-bond acceptors (Lipinski definition) is 7. The molecule has 0 spiro atoms. The molecule has 1 rings (SSSR count). The molecule has 0 unspecified atom stereocenters. The van der Waals surface area contributed by atoms with Crippen molar-refractivity contribution in [2.75, 3.05) is 21.3 Å². The van der Waals surface area contributed by atoms with Crippen molar-refractivity contribution in [3.05, 3.63) is 29.1 Å². The molecule has 0 amide bonds. The summed E-state index contributed by atoms with van der Waals surface area (Å²) in [5.41, 5.74) is 5.55. The molecule has 0 aliphatic carbocycles. The zero-order chi connectivity index (χ0) is 15.8. The molecule has 0 saturated carbocycles. The molecule has 0 aliphatic rings. The lowest BCUT2D eigenvalue weighted by molar-refractivity contribution is 0.324. The first-order chi connectivity index (χ1) is 10.1. The Bertz CT molecular complexity index is 641. The van der Waals surface area contributed by atoms with Gasteiger partial charge in [-0.1, -0.05) is 0 Å². The summed E-state index contributed by atoms with van der Waals surface area (Å²) in [5.74, 6) is 1.35. The fourth-order valence-electron chi connectivity index (χ4n) is 1.53. The molecule has 0 fully saturated rings. The van der Waals surface area contributed by atoms with Crippen molar-refractivity contribution >= 4 is 6.21 Å². The van der Waals surface area contributed by atoms with E-state index in [-0.39, 0.29) is 11.4 Å². The van der Waals surface area contributed by atoms with Crippen LogP contribution in [0.2, 0.25) is 0 Å². The molecule has 2 N–H and O–H groups in total. The molecule has 7 nitrogen and oxygen atoms in total.